The zero-order chi connectivity index (χ0) is 23.6. The fourth-order valence-corrected chi connectivity index (χ4v) is 7.53. The largest absolute Gasteiger partial charge is 0.394 e. The van der Waals surface area contributed by atoms with Gasteiger partial charge in [0.05, 0.1) is 20.7 Å². The first-order valence-corrected chi connectivity index (χ1v) is 14.1. The maximum Gasteiger partial charge on any atom is 0.330 e. The summed E-state index contributed by atoms with van der Waals surface area (Å²) in [6, 6.07) is 3.08. The second kappa shape index (κ2) is 9.60. The summed E-state index contributed by atoms with van der Waals surface area (Å²) in [5.74, 6) is 0. The highest BCUT2D eigenvalue weighted by Crippen LogP contribution is 2.55. The zero-order valence-corrected chi connectivity index (χ0v) is 20.2. The van der Waals surface area contributed by atoms with Gasteiger partial charge in [-0.25, -0.2) is 9.88 Å². The second-order valence-corrected chi connectivity index (χ2v) is 15.7. The topological polar surface area (TPSA) is 170 Å². The van der Waals surface area contributed by atoms with E-state index in [0.29, 0.717) is 0 Å². The summed E-state index contributed by atoms with van der Waals surface area (Å²) in [7, 11) is -5.10. The Hall–Kier alpha value is -1.42. The van der Waals surface area contributed by atoms with Crippen molar-refractivity contribution in [3.63, 3.8) is 0 Å². The molecular formula is C18H31N4O7PSi. The van der Waals surface area contributed by atoms with E-state index in [2.05, 4.69) is 10.1 Å². The Morgan fingerprint density at radius 3 is 2.61 bits per heavy atom. The number of hydrogen-bond acceptors (Lipinski definition) is 9. The normalized spacial score (nSPS) is 27.8. The molecule has 1 aromatic heterocycles. The Kier molecular flexibility index (Phi) is 8.00. The van der Waals surface area contributed by atoms with Crippen molar-refractivity contribution in [1.82, 2.24) is 14.6 Å². The summed E-state index contributed by atoms with van der Waals surface area (Å²) in [5.41, 5.74) is -1.37. The number of nitrogens with one attached hydrogen (secondary N) is 2. The van der Waals surface area contributed by atoms with Crippen LogP contribution in [0.4, 0.5) is 0 Å². The van der Waals surface area contributed by atoms with Gasteiger partial charge in [0.15, 0.2) is 6.23 Å². The Bertz CT molecular complexity index is 925. The molecular weight excluding hydrogens is 443 g/mol. The van der Waals surface area contributed by atoms with Crippen molar-refractivity contribution in [1.29, 1.82) is 5.26 Å². The molecule has 0 saturated carbocycles. The predicted molar refractivity (Wildman–Crippen MR) is 117 cm³/mol. The molecule has 0 spiro atoms. The number of rotatable bonds is 8. The number of hydrogen-bond donors (Lipinski definition) is 5. The summed E-state index contributed by atoms with van der Waals surface area (Å²) in [4.78, 5) is 36.6. The minimum Gasteiger partial charge on any atom is -0.394 e. The van der Waals surface area contributed by atoms with Crippen LogP contribution in [0, 0.1) is 11.3 Å². The van der Waals surface area contributed by atoms with E-state index in [0.717, 1.165) is 10.6 Å². The highest BCUT2D eigenvalue weighted by atomic mass is 31.2. The Balaban J connectivity index is 2.59. The monoisotopic (exact) mass is 474 g/mol. The minimum atomic E-state index is -2.84. The van der Waals surface area contributed by atoms with Crippen molar-refractivity contribution in [2.45, 2.75) is 69.0 Å². The van der Waals surface area contributed by atoms with Crippen LogP contribution in [0.25, 0.3) is 0 Å². The fourth-order valence-electron chi connectivity index (χ4n) is 3.56. The van der Waals surface area contributed by atoms with Crippen molar-refractivity contribution >= 4 is 16.6 Å². The molecule has 1 aliphatic rings. The SMILES string of the molecule is CC(C)(C)[Si](C)(C)[C@@]1(O)[C@H](OP(O)NCCC#N)[C@@H](CO)O[C@H]1n1ccc(=O)[nH]c1=O. The summed E-state index contributed by atoms with van der Waals surface area (Å²) in [6.07, 6.45) is -2.10. The number of H-pyrrole nitrogens is 1. The van der Waals surface area contributed by atoms with Gasteiger partial charge in [-0.05, 0) is 5.04 Å². The van der Waals surface area contributed by atoms with Crippen LogP contribution in [0.2, 0.25) is 18.1 Å². The molecule has 0 aromatic carbocycles. The van der Waals surface area contributed by atoms with Gasteiger partial charge >= 0.3 is 5.69 Å². The molecule has 13 heteroatoms. The summed E-state index contributed by atoms with van der Waals surface area (Å²) in [6.45, 7) is 9.35. The molecule has 0 bridgehead atoms. The molecule has 5 N–H and O–H groups in total. The molecule has 0 aliphatic carbocycles. The van der Waals surface area contributed by atoms with Crippen LogP contribution in [0.5, 0.6) is 0 Å². The molecule has 1 saturated heterocycles. The van der Waals surface area contributed by atoms with E-state index in [1.165, 1.54) is 6.20 Å². The van der Waals surface area contributed by atoms with Gasteiger partial charge in [0, 0.05) is 25.2 Å². The number of aromatic nitrogens is 2. The van der Waals surface area contributed by atoms with E-state index in [1.807, 2.05) is 39.9 Å². The lowest BCUT2D eigenvalue weighted by Crippen LogP contribution is -2.68. The molecule has 0 radical (unpaired) electrons. The Morgan fingerprint density at radius 1 is 1.45 bits per heavy atom. The number of nitrogens with zero attached hydrogens (tertiary/aromatic N) is 2. The van der Waals surface area contributed by atoms with Crippen molar-refractivity contribution < 1.29 is 24.4 Å². The smallest absolute Gasteiger partial charge is 0.330 e. The number of nitriles is 1. The van der Waals surface area contributed by atoms with E-state index >= 15 is 0 Å². The molecule has 1 fully saturated rings. The van der Waals surface area contributed by atoms with E-state index in [4.69, 9.17) is 14.5 Å². The number of aliphatic hydroxyl groups is 2. The highest BCUT2D eigenvalue weighted by Gasteiger charge is 2.68. The minimum absolute atomic E-state index is 0.148. The van der Waals surface area contributed by atoms with Crippen LogP contribution in [-0.4, -0.2) is 63.3 Å². The molecule has 0 amide bonds. The van der Waals surface area contributed by atoms with Crippen LogP contribution in [-0.2, 0) is 9.26 Å². The third-order valence-corrected chi connectivity index (χ3v) is 13.5. The average molecular weight is 475 g/mol. The van der Waals surface area contributed by atoms with Crippen molar-refractivity contribution in [3.05, 3.63) is 33.1 Å². The molecule has 1 aliphatic heterocycles. The van der Waals surface area contributed by atoms with E-state index in [-0.39, 0.29) is 13.0 Å². The lowest BCUT2D eigenvalue weighted by Gasteiger charge is -2.51. The summed E-state index contributed by atoms with van der Waals surface area (Å²) in [5, 5.41) is 31.3. The molecule has 5 atom stereocenters. The fraction of sp³-hybridized carbons (Fsp3) is 0.722. The number of ether oxygens (including phenoxy) is 1. The van der Waals surface area contributed by atoms with Gasteiger partial charge in [0.2, 0.25) is 0 Å². The van der Waals surface area contributed by atoms with Crippen LogP contribution in [0.15, 0.2) is 21.9 Å². The first-order chi connectivity index (χ1) is 14.3. The third-order valence-electron chi connectivity index (χ3n) is 6.31. The van der Waals surface area contributed by atoms with Gasteiger partial charge < -0.3 is 24.4 Å². The van der Waals surface area contributed by atoms with E-state index in [1.54, 1.807) is 0 Å². The van der Waals surface area contributed by atoms with Crippen LogP contribution in [0.3, 0.4) is 0 Å². The first-order valence-electron chi connectivity index (χ1n) is 9.87. The molecule has 2 rings (SSSR count). The molecule has 11 nitrogen and oxygen atoms in total. The lowest BCUT2D eigenvalue weighted by atomic mass is 10.1. The summed E-state index contributed by atoms with van der Waals surface area (Å²) >= 11 is 0. The average Bonchev–Trinajstić information content (AvgIpc) is 2.94. The highest BCUT2D eigenvalue weighted by molar-refractivity contribution is 7.43. The quantitative estimate of drug-likeness (QED) is 0.202. The standard InChI is InChI=1S/C18H31N4O7PSi/c1-17(2,3)31(4,5)18(26)14(29-30(27)20-9-6-8-19)12(11-23)28-15(18)22-10-7-13(24)21-16(22)25/h7,10,12,14-15,20,23,26-27H,6,9,11H2,1-5H3,(H,21,24,25)/t12-,14-,15-,18+,30?/m1/s1. The molecule has 174 valence electrons. The number of aliphatic hydroxyl groups excluding tert-OH is 1. The van der Waals surface area contributed by atoms with Crippen molar-refractivity contribution in [2.75, 3.05) is 13.2 Å². The van der Waals surface area contributed by atoms with Gasteiger partial charge in [-0.3, -0.25) is 14.3 Å². The lowest BCUT2D eigenvalue weighted by molar-refractivity contribution is -0.0714. The maximum absolute atomic E-state index is 12.5. The Labute approximate surface area is 182 Å². The summed E-state index contributed by atoms with van der Waals surface area (Å²) < 4.78 is 12.8. The molecule has 1 unspecified atom stereocenters. The molecule has 31 heavy (non-hydrogen) atoms. The van der Waals surface area contributed by atoms with Crippen molar-refractivity contribution in [3.8, 4) is 6.07 Å². The van der Waals surface area contributed by atoms with Gasteiger partial charge in [-0.2, -0.15) is 5.26 Å². The second-order valence-electron chi connectivity index (χ2n) is 9.04. The number of aromatic amines is 1. The van der Waals surface area contributed by atoms with Gasteiger partial charge in [0.25, 0.3) is 14.1 Å². The molecule has 2 heterocycles. The zero-order valence-electron chi connectivity index (χ0n) is 18.3. The van der Waals surface area contributed by atoms with Crippen molar-refractivity contribution in [2.24, 2.45) is 0 Å². The first kappa shape index (κ1) is 25.8. The maximum atomic E-state index is 12.5. The van der Waals surface area contributed by atoms with Crippen LogP contribution < -0.4 is 16.3 Å². The van der Waals surface area contributed by atoms with Gasteiger partial charge in [-0.1, -0.05) is 33.9 Å². The van der Waals surface area contributed by atoms with Crippen LogP contribution in [0.1, 0.15) is 33.4 Å². The van der Waals surface area contributed by atoms with Crippen LogP contribution >= 0.6 is 8.53 Å². The van der Waals surface area contributed by atoms with E-state index in [9.17, 15) is 24.7 Å². The van der Waals surface area contributed by atoms with Gasteiger partial charge in [-0.15, -0.1) is 0 Å². The molecule has 1 aromatic rings. The predicted octanol–water partition coefficient (Wildman–Crippen LogP) is 0.313. The van der Waals surface area contributed by atoms with E-state index < -0.39 is 63.2 Å². The third kappa shape index (κ3) is 4.84. The van der Waals surface area contributed by atoms with Gasteiger partial charge in [0.1, 0.15) is 17.4 Å². The Morgan fingerprint density at radius 2 is 2.10 bits per heavy atom.